The molecule has 19 heavy (non-hydrogen) atoms. The fourth-order valence-electron chi connectivity index (χ4n) is 2.84. The molecule has 3 atom stereocenters. The van der Waals surface area contributed by atoms with E-state index in [1.54, 1.807) is 13.0 Å². The number of piperidine rings is 1. The number of aliphatic hydroxyl groups excluding tert-OH is 1. The monoisotopic (exact) mass is 258 g/mol. The minimum absolute atomic E-state index is 0.461. The molecule has 3 heteroatoms. The number of nitriles is 1. The molecule has 0 radical (unpaired) electrons. The van der Waals surface area contributed by atoms with Crippen LogP contribution in [0.25, 0.3) is 0 Å². The van der Waals surface area contributed by atoms with Crippen molar-refractivity contribution >= 4 is 5.69 Å². The number of hydrogen-bond donors (Lipinski definition) is 1. The average molecular weight is 258 g/mol. The second-order valence-corrected chi connectivity index (χ2v) is 5.75. The van der Waals surface area contributed by atoms with E-state index in [1.807, 2.05) is 12.1 Å². The predicted octanol–water partition coefficient (Wildman–Crippen LogP) is 3.24. The van der Waals surface area contributed by atoms with Gasteiger partial charge in [0.1, 0.15) is 0 Å². The van der Waals surface area contributed by atoms with Gasteiger partial charge in [-0.25, -0.2) is 0 Å². The number of hydrogen-bond acceptors (Lipinski definition) is 3. The number of benzene rings is 1. The molecule has 2 rings (SSSR count). The van der Waals surface area contributed by atoms with Crippen LogP contribution in [0.1, 0.15) is 50.8 Å². The zero-order valence-electron chi connectivity index (χ0n) is 11.9. The number of anilines is 1. The third kappa shape index (κ3) is 2.90. The summed E-state index contributed by atoms with van der Waals surface area (Å²) >= 11 is 0. The lowest BCUT2D eigenvalue weighted by Crippen LogP contribution is -2.41. The lowest BCUT2D eigenvalue weighted by molar-refractivity contribution is 0.199. The minimum Gasteiger partial charge on any atom is -0.389 e. The van der Waals surface area contributed by atoms with Gasteiger partial charge in [-0.05, 0) is 44.7 Å². The maximum absolute atomic E-state index is 9.94. The van der Waals surface area contributed by atoms with Crippen LogP contribution in [-0.4, -0.2) is 17.7 Å². The summed E-state index contributed by atoms with van der Waals surface area (Å²) in [5, 5.41) is 19.0. The molecule has 3 nitrogen and oxygen atoms in total. The molecule has 0 bridgehead atoms. The third-order valence-corrected chi connectivity index (χ3v) is 4.04. The summed E-state index contributed by atoms with van der Waals surface area (Å²) in [6, 6.07) is 8.23. The van der Waals surface area contributed by atoms with Gasteiger partial charge in [-0.3, -0.25) is 0 Å². The summed E-state index contributed by atoms with van der Waals surface area (Å²) in [4.78, 5) is 2.34. The Morgan fingerprint density at radius 3 is 2.74 bits per heavy atom. The molecule has 0 aromatic heterocycles. The second kappa shape index (κ2) is 5.63. The van der Waals surface area contributed by atoms with Crippen molar-refractivity contribution in [3.63, 3.8) is 0 Å². The van der Waals surface area contributed by atoms with Crippen LogP contribution in [0.5, 0.6) is 0 Å². The Hall–Kier alpha value is -1.53. The van der Waals surface area contributed by atoms with Crippen LogP contribution in [0.3, 0.4) is 0 Å². The summed E-state index contributed by atoms with van der Waals surface area (Å²) in [5.41, 5.74) is 2.60. The van der Waals surface area contributed by atoms with Gasteiger partial charge in [0, 0.05) is 23.8 Å². The summed E-state index contributed by atoms with van der Waals surface area (Å²) in [6.45, 7) is 7.25. The van der Waals surface area contributed by atoms with Crippen LogP contribution in [0.2, 0.25) is 0 Å². The molecule has 0 spiro atoms. The highest BCUT2D eigenvalue weighted by Crippen LogP contribution is 2.33. The van der Waals surface area contributed by atoms with Crippen molar-refractivity contribution in [2.24, 2.45) is 5.92 Å². The van der Waals surface area contributed by atoms with Gasteiger partial charge in [0.25, 0.3) is 0 Å². The average Bonchev–Trinajstić information content (AvgIpc) is 2.40. The van der Waals surface area contributed by atoms with E-state index in [1.165, 1.54) is 6.42 Å². The Bertz CT molecular complexity index is 490. The zero-order chi connectivity index (χ0) is 14.0. The quantitative estimate of drug-likeness (QED) is 0.886. The first-order valence-electron chi connectivity index (χ1n) is 7.01. The van der Waals surface area contributed by atoms with Crippen molar-refractivity contribution < 1.29 is 5.11 Å². The molecule has 1 aliphatic rings. The first-order valence-corrected chi connectivity index (χ1v) is 7.01. The smallest absolute Gasteiger partial charge is 0.0992 e. The summed E-state index contributed by atoms with van der Waals surface area (Å²) in [5.74, 6) is 0.656. The topological polar surface area (TPSA) is 47.3 Å². The standard InChI is InChI=1S/C16H22N2O/c1-11-4-5-12(2)18(10-11)16-8-14(9-17)6-7-15(16)13(3)19/h6-8,11-13,19H,4-5,10H2,1-3H3/t11?,12?,13-/m1/s1. The van der Waals surface area contributed by atoms with Gasteiger partial charge >= 0.3 is 0 Å². The van der Waals surface area contributed by atoms with E-state index in [0.29, 0.717) is 17.5 Å². The van der Waals surface area contributed by atoms with E-state index < -0.39 is 6.10 Å². The Morgan fingerprint density at radius 2 is 2.11 bits per heavy atom. The summed E-state index contributed by atoms with van der Waals surface area (Å²) in [7, 11) is 0. The molecule has 1 fully saturated rings. The molecule has 2 unspecified atom stereocenters. The lowest BCUT2D eigenvalue weighted by atomic mass is 9.93. The molecule has 1 saturated heterocycles. The molecule has 1 aromatic rings. The second-order valence-electron chi connectivity index (χ2n) is 5.75. The van der Waals surface area contributed by atoms with E-state index in [9.17, 15) is 5.11 Å². The van der Waals surface area contributed by atoms with Crippen LogP contribution in [-0.2, 0) is 0 Å². The van der Waals surface area contributed by atoms with Crippen LogP contribution < -0.4 is 4.90 Å². The molecule has 1 aliphatic heterocycles. The predicted molar refractivity (Wildman–Crippen MR) is 77.0 cm³/mol. The van der Waals surface area contributed by atoms with Gasteiger partial charge in [0.05, 0.1) is 17.7 Å². The summed E-state index contributed by atoms with van der Waals surface area (Å²) < 4.78 is 0. The van der Waals surface area contributed by atoms with Crippen molar-refractivity contribution in [3.05, 3.63) is 29.3 Å². The Labute approximate surface area is 115 Å². The fourth-order valence-corrected chi connectivity index (χ4v) is 2.84. The number of nitrogens with zero attached hydrogens (tertiary/aromatic N) is 2. The fraction of sp³-hybridized carbons (Fsp3) is 0.562. The highest BCUT2D eigenvalue weighted by atomic mass is 16.3. The maximum Gasteiger partial charge on any atom is 0.0992 e. The van der Waals surface area contributed by atoms with Crippen molar-refractivity contribution in [2.45, 2.75) is 45.8 Å². The lowest BCUT2D eigenvalue weighted by Gasteiger charge is -2.40. The highest BCUT2D eigenvalue weighted by molar-refractivity contribution is 5.59. The van der Waals surface area contributed by atoms with E-state index in [2.05, 4.69) is 24.8 Å². The molecule has 0 aliphatic carbocycles. The number of rotatable bonds is 2. The molecule has 1 heterocycles. The third-order valence-electron chi connectivity index (χ3n) is 4.04. The Kier molecular flexibility index (Phi) is 4.11. The zero-order valence-corrected chi connectivity index (χ0v) is 11.9. The van der Waals surface area contributed by atoms with E-state index in [4.69, 9.17) is 5.26 Å². The van der Waals surface area contributed by atoms with E-state index in [-0.39, 0.29) is 0 Å². The Balaban J connectivity index is 2.43. The van der Waals surface area contributed by atoms with Crippen molar-refractivity contribution in [1.29, 1.82) is 5.26 Å². The van der Waals surface area contributed by atoms with Crippen molar-refractivity contribution in [1.82, 2.24) is 0 Å². The molecule has 1 N–H and O–H groups in total. The Morgan fingerprint density at radius 1 is 1.37 bits per heavy atom. The molecular formula is C16H22N2O. The van der Waals surface area contributed by atoms with Gasteiger partial charge in [-0.1, -0.05) is 13.0 Å². The van der Waals surface area contributed by atoms with E-state index >= 15 is 0 Å². The first-order chi connectivity index (χ1) is 9.02. The van der Waals surface area contributed by atoms with Gasteiger partial charge in [-0.2, -0.15) is 5.26 Å². The SMILES string of the molecule is CC1CCC(C)N(c2cc(C#N)ccc2[C@@H](C)O)C1. The highest BCUT2D eigenvalue weighted by Gasteiger charge is 2.25. The first kappa shape index (κ1) is 13.9. The number of aliphatic hydroxyl groups is 1. The van der Waals surface area contributed by atoms with Crippen LogP contribution in [0.4, 0.5) is 5.69 Å². The van der Waals surface area contributed by atoms with Crippen molar-refractivity contribution in [2.75, 3.05) is 11.4 Å². The van der Waals surface area contributed by atoms with Gasteiger partial charge < -0.3 is 10.0 Å². The molecular weight excluding hydrogens is 236 g/mol. The maximum atomic E-state index is 9.94. The molecule has 102 valence electrons. The molecule has 0 amide bonds. The van der Waals surface area contributed by atoms with Crippen LogP contribution in [0.15, 0.2) is 18.2 Å². The van der Waals surface area contributed by atoms with Crippen LogP contribution in [0, 0.1) is 17.2 Å². The van der Waals surface area contributed by atoms with Crippen molar-refractivity contribution in [3.8, 4) is 6.07 Å². The van der Waals surface area contributed by atoms with Crippen LogP contribution >= 0.6 is 0 Å². The van der Waals surface area contributed by atoms with Gasteiger partial charge in [-0.15, -0.1) is 0 Å². The summed E-state index contributed by atoms with van der Waals surface area (Å²) in [6.07, 6.45) is 1.91. The largest absolute Gasteiger partial charge is 0.389 e. The normalized spacial score (nSPS) is 24.9. The molecule has 1 aromatic carbocycles. The van der Waals surface area contributed by atoms with Gasteiger partial charge in [0.2, 0.25) is 0 Å². The van der Waals surface area contributed by atoms with Gasteiger partial charge in [0.15, 0.2) is 0 Å². The molecule has 0 saturated carbocycles. The van der Waals surface area contributed by atoms with E-state index in [0.717, 1.165) is 24.2 Å². The minimum atomic E-state index is -0.507.